The Morgan fingerprint density at radius 2 is 2.14 bits per heavy atom. The number of methoxy groups -OCH3 is 1. The minimum Gasteiger partial charge on any atom is -0.490 e. The zero-order valence-corrected chi connectivity index (χ0v) is 17.2. The molecular weight excluding hydrogens is 376 g/mol. The van der Waals surface area contributed by atoms with Crippen LogP contribution in [0.15, 0.2) is 41.8 Å². The summed E-state index contributed by atoms with van der Waals surface area (Å²) in [5.74, 6) is 0.192. The molecule has 0 fully saturated rings. The van der Waals surface area contributed by atoms with Crippen molar-refractivity contribution in [1.29, 1.82) is 0 Å². The fraction of sp³-hybridized carbons (Fsp3) is 0.333. The maximum Gasteiger partial charge on any atom is 0.250 e. The Bertz CT molecular complexity index is 865. The average molecular weight is 403 g/mol. The molecule has 0 spiro atoms. The number of amides is 1. The smallest absolute Gasteiger partial charge is 0.250 e. The van der Waals surface area contributed by atoms with Crippen LogP contribution >= 0.6 is 11.8 Å². The molecule has 1 aromatic heterocycles. The zero-order chi connectivity index (χ0) is 20.4. The number of thioether (sulfide) groups is 1. The Labute approximate surface area is 169 Å². The molecule has 28 heavy (non-hydrogen) atoms. The van der Waals surface area contributed by atoms with E-state index in [-0.39, 0.29) is 0 Å². The molecule has 0 aliphatic rings. The maximum atomic E-state index is 11.5. The molecule has 1 aromatic carbocycles. The molecule has 0 atom stereocenters. The first-order chi connectivity index (χ1) is 13.6. The maximum absolute atomic E-state index is 11.5. The number of hydrogen-bond donors (Lipinski definition) is 2. The van der Waals surface area contributed by atoms with Crippen molar-refractivity contribution in [1.82, 2.24) is 4.98 Å². The van der Waals surface area contributed by atoms with E-state index in [1.54, 1.807) is 31.0 Å². The third-order valence-electron chi connectivity index (χ3n) is 3.78. The predicted octanol–water partition coefficient (Wildman–Crippen LogP) is 4.21. The van der Waals surface area contributed by atoms with Gasteiger partial charge in [0.15, 0.2) is 0 Å². The lowest BCUT2D eigenvalue weighted by Crippen LogP contribution is -2.15. The lowest BCUT2D eigenvalue weighted by atomic mass is 10.1. The number of nitrogens with one attached hydrogen (secondary N) is 1. The monoisotopic (exact) mass is 402 g/mol. The van der Waals surface area contributed by atoms with Crippen LogP contribution in [0.1, 0.15) is 26.0 Å². The number of benzene rings is 1. The van der Waals surface area contributed by atoms with E-state index in [9.17, 15) is 4.79 Å². The molecule has 1 amide bonds. The normalized spacial score (nSPS) is 11.9. The van der Waals surface area contributed by atoms with Crippen molar-refractivity contribution in [2.45, 2.75) is 20.3 Å². The molecule has 0 unspecified atom stereocenters. The van der Waals surface area contributed by atoms with E-state index in [1.165, 1.54) is 0 Å². The molecular formula is C21H26N2O4S. The summed E-state index contributed by atoms with van der Waals surface area (Å²) < 4.78 is 11.0. The van der Waals surface area contributed by atoms with Gasteiger partial charge < -0.3 is 19.9 Å². The Morgan fingerprint density at radius 3 is 2.82 bits per heavy atom. The zero-order valence-electron chi connectivity index (χ0n) is 16.4. The summed E-state index contributed by atoms with van der Waals surface area (Å²) in [6.45, 7) is 4.36. The minimum absolute atomic E-state index is 0.399. The molecule has 0 aliphatic carbocycles. The van der Waals surface area contributed by atoms with E-state index >= 15 is 0 Å². The number of aromatic nitrogens is 1. The topological polar surface area (TPSA) is 80.7 Å². The van der Waals surface area contributed by atoms with E-state index < -0.39 is 12.5 Å². The molecule has 0 saturated carbocycles. The second-order valence-corrected chi connectivity index (χ2v) is 6.78. The number of carbonyl (C=O) groups is 1. The van der Waals surface area contributed by atoms with Gasteiger partial charge in [-0.1, -0.05) is 30.8 Å². The lowest BCUT2D eigenvalue weighted by Gasteiger charge is -2.13. The van der Waals surface area contributed by atoms with Gasteiger partial charge in [0.05, 0.1) is 17.8 Å². The number of fused-ring (bicyclic) bond motifs is 1. The SMILES string of the molecule is C/C=C(\S/C=C\CC)c1cc(OCCOC)c2cc(NC(=O)CO)ccc2n1. The molecule has 7 heteroatoms. The van der Waals surface area contributed by atoms with Gasteiger partial charge in [-0.3, -0.25) is 4.79 Å². The highest BCUT2D eigenvalue weighted by molar-refractivity contribution is 8.10. The number of anilines is 1. The number of aliphatic hydroxyl groups excluding tert-OH is 1. The average Bonchev–Trinajstić information content (AvgIpc) is 2.71. The third kappa shape index (κ3) is 6.09. The standard InChI is InChI=1S/C21H26N2O4S/c1-4-6-11-28-20(5-2)18-13-19(27-10-9-26-3)16-12-15(22-21(25)14-24)7-8-17(16)23-18/h5-8,11-13,24H,4,9-10,14H2,1-3H3,(H,22,25)/b11-6-,20-5-. The van der Waals surface area contributed by atoms with Gasteiger partial charge in [-0.25, -0.2) is 4.98 Å². The van der Waals surface area contributed by atoms with Crippen molar-refractivity contribution in [3.05, 3.63) is 47.5 Å². The van der Waals surface area contributed by atoms with Crippen LogP contribution in [-0.2, 0) is 9.53 Å². The van der Waals surface area contributed by atoms with Gasteiger partial charge in [-0.05, 0) is 37.0 Å². The Morgan fingerprint density at radius 1 is 1.32 bits per heavy atom. The Kier molecular flexibility index (Phi) is 9.00. The van der Waals surface area contributed by atoms with Gasteiger partial charge in [0.1, 0.15) is 19.0 Å². The molecule has 0 bridgehead atoms. The Balaban J connectivity index is 2.46. The summed E-state index contributed by atoms with van der Waals surface area (Å²) in [7, 11) is 1.62. The number of nitrogens with zero attached hydrogens (tertiary/aromatic N) is 1. The van der Waals surface area contributed by atoms with Crippen molar-refractivity contribution in [2.75, 3.05) is 32.2 Å². The van der Waals surface area contributed by atoms with Gasteiger partial charge >= 0.3 is 0 Å². The number of ether oxygens (including phenoxy) is 2. The molecule has 1 heterocycles. The van der Waals surface area contributed by atoms with Gasteiger partial charge in [0, 0.05) is 29.2 Å². The highest BCUT2D eigenvalue weighted by atomic mass is 32.2. The van der Waals surface area contributed by atoms with Crippen molar-refractivity contribution >= 4 is 39.2 Å². The lowest BCUT2D eigenvalue weighted by molar-refractivity contribution is -0.118. The van der Waals surface area contributed by atoms with Gasteiger partial charge in [0.25, 0.3) is 0 Å². The van der Waals surface area contributed by atoms with Gasteiger partial charge in [-0.15, -0.1) is 0 Å². The van der Waals surface area contributed by atoms with Crippen LogP contribution < -0.4 is 10.1 Å². The first-order valence-electron chi connectivity index (χ1n) is 9.08. The van der Waals surface area contributed by atoms with Crippen molar-refractivity contribution in [2.24, 2.45) is 0 Å². The van der Waals surface area contributed by atoms with E-state index in [0.717, 1.165) is 27.9 Å². The molecule has 2 rings (SSSR count). The van der Waals surface area contributed by atoms with Crippen LogP contribution in [-0.4, -0.2) is 42.9 Å². The van der Waals surface area contributed by atoms with E-state index in [0.29, 0.717) is 24.7 Å². The predicted molar refractivity (Wildman–Crippen MR) is 116 cm³/mol. The molecule has 150 valence electrons. The molecule has 2 N–H and O–H groups in total. The second kappa shape index (κ2) is 11.5. The van der Waals surface area contributed by atoms with Gasteiger partial charge in [-0.2, -0.15) is 0 Å². The van der Waals surface area contributed by atoms with Crippen molar-refractivity contribution in [3.8, 4) is 5.75 Å². The third-order valence-corrected chi connectivity index (χ3v) is 4.81. The van der Waals surface area contributed by atoms with Crippen molar-refractivity contribution < 1.29 is 19.4 Å². The molecule has 6 nitrogen and oxygen atoms in total. The summed E-state index contributed by atoms with van der Waals surface area (Å²) in [5, 5.41) is 14.4. The number of rotatable bonds is 10. The molecule has 0 saturated heterocycles. The molecule has 2 aromatic rings. The fourth-order valence-electron chi connectivity index (χ4n) is 2.45. The number of pyridine rings is 1. The van der Waals surface area contributed by atoms with Crippen LogP contribution in [0, 0.1) is 0 Å². The van der Waals surface area contributed by atoms with Crippen LogP contribution in [0.4, 0.5) is 5.69 Å². The summed E-state index contributed by atoms with van der Waals surface area (Å²) in [4.78, 5) is 17.3. The molecule has 0 radical (unpaired) electrons. The summed E-state index contributed by atoms with van der Waals surface area (Å²) in [6.07, 6.45) is 5.10. The number of hydrogen-bond acceptors (Lipinski definition) is 6. The van der Waals surface area contributed by atoms with Gasteiger partial charge in [0.2, 0.25) is 5.91 Å². The van der Waals surface area contributed by atoms with E-state index in [4.69, 9.17) is 19.6 Å². The van der Waals surface area contributed by atoms with Crippen LogP contribution in [0.2, 0.25) is 0 Å². The van der Waals surface area contributed by atoms with Crippen molar-refractivity contribution in [3.63, 3.8) is 0 Å². The van der Waals surface area contributed by atoms with Crippen LogP contribution in [0.25, 0.3) is 15.8 Å². The summed E-state index contributed by atoms with van der Waals surface area (Å²) in [6, 6.07) is 7.28. The summed E-state index contributed by atoms with van der Waals surface area (Å²) in [5.41, 5.74) is 2.15. The first kappa shape index (κ1) is 21.9. The molecule has 0 aliphatic heterocycles. The van der Waals surface area contributed by atoms with Crippen LogP contribution in [0.3, 0.4) is 0 Å². The number of aliphatic hydroxyl groups is 1. The minimum atomic E-state index is -0.570. The number of carbonyl (C=O) groups excluding carboxylic acids is 1. The van der Waals surface area contributed by atoms with Crippen LogP contribution in [0.5, 0.6) is 5.75 Å². The Hall–Kier alpha value is -2.35. The first-order valence-corrected chi connectivity index (χ1v) is 9.96. The fourth-order valence-corrected chi connectivity index (χ4v) is 3.24. The highest BCUT2D eigenvalue weighted by Crippen LogP contribution is 2.34. The quantitative estimate of drug-likeness (QED) is 0.580. The largest absolute Gasteiger partial charge is 0.490 e. The van der Waals surface area contributed by atoms with E-state index in [1.807, 2.05) is 25.1 Å². The second-order valence-electron chi connectivity index (χ2n) is 5.84. The number of allylic oxidation sites excluding steroid dienone is 2. The van der Waals surface area contributed by atoms with E-state index in [2.05, 4.69) is 23.7 Å². The highest BCUT2D eigenvalue weighted by Gasteiger charge is 2.12. The summed E-state index contributed by atoms with van der Waals surface area (Å²) >= 11 is 1.61.